The zero-order chi connectivity index (χ0) is 13.2. The van der Waals surface area contributed by atoms with E-state index < -0.39 is 9.84 Å². The molecule has 1 fully saturated rings. The lowest BCUT2D eigenvalue weighted by Crippen LogP contribution is -2.31. The fraction of sp³-hybridized carbons (Fsp3) is 0.583. The van der Waals surface area contributed by atoms with Crippen LogP contribution in [0, 0.1) is 5.92 Å². The predicted molar refractivity (Wildman–Crippen MR) is 67.0 cm³/mol. The van der Waals surface area contributed by atoms with Gasteiger partial charge in [-0.1, -0.05) is 6.42 Å². The van der Waals surface area contributed by atoms with Crippen LogP contribution in [0.5, 0.6) is 0 Å². The number of carbonyl (C=O) groups excluding carboxylic acids is 1. The molecule has 98 valence electrons. The molecule has 1 heterocycles. The highest BCUT2D eigenvalue weighted by molar-refractivity contribution is 7.91. The molecule has 5 nitrogen and oxygen atoms in total. The molecule has 6 heteroatoms. The Labute approximate surface area is 107 Å². The summed E-state index contributed by atoms with van der Waals surface area (Å²) in [6.07, 6.45) is 8.20. The van der Waals surface area contributed by atoms with Crippen molar-refractivity contribution in [2.45, 2.75) is 30.9 Å². The topological polar surface area (TPSA) is 77.0 Å². The van der Waals surface area contributed by atoms with Crippen molar-refractivity contribution >= 4 is 15.6 Å². The molecular weight excluding hydrogens is 252 g/mol. The summed E-state index contributed by atoms with van der Waals surface area (Å²) in [5, 5.41) is -0.384. The summed E-state index contributed by atoms with van der Waals surface area (Å²) in [5.74, 6) is -0.256. The molecule has 0 bridgehead atoms. The molecule has 0 radical (unpaired) electrons. The van der Waals surface area contributed by atoms with Crippen molar-refractivity contribution in [1.82, 2.24) is 9.97 Å². The Morgan fingerprint density at radius 1 is 1.28 bits per heavy atom. The first-order valence-electron chi connectivity index (χ1n) is 5.96. The monoisotopic (exact) mass is 268 g/mol. The molecule has 1 aliphatic carbocycles. The molecule has 18 heavy (non-hydrogen) atoms. The van der Waals surface area contributed by atoms with Gasteiger partial charge in [0.25, 0.3) is 0 Å². The highest BCUT2D eigenvalue weighted by Gasteiger charge is 2.32. The zero-order valence-electron chi connectivity index (χ0n) is 10.2. The maximum absolute atomic E-state index is 12.2. The molecule has 2 atom stereocenters. The van der Waals surface area contributed by atoms with E-state index >= 15 is 0 Å². The summed E-state index contributed by atoms with van der Waals surface area (Å²) in [4.78, 5) is 19.8. The number of nitrogens with zero attached hydrogens (tertiary/aromatic N) is 2. The highest BCUT2D eigenvalue weighted by Crippen LogP contribution is 2.30. The van der Waals surface area contributed by atoms with Gasteiger partial charge in [-0.15, -0.1) is 0 Å². The van der Waals surface area contributed by atoms with Gasteiger partial charge in [0, 0.05) is 24.6 Å². The molecule has 2 unspecified atom stereocenters. The van der Waals surface area contributed by atoms with E-state index in [1.165, 1.54) is 25.0 Å². The molecule has 1 aromatic rings. The van der Waals surface area contributed by atoms with Gasteiger partial charge in [0.2, 0.25) is 0 Å². The molecular formula is C12H16N2O3S. The normalized spacial score (nSPS) is 24.7. The fourth-order valence-corrected chi connectivity index (χ4v) is 3.61. The number of hydrogen-bond donors (Lipinski definition) is 0. The maximum atomic E-state index is 12.2. The fourth-order valence-electron chi connectivity index (χ4n) is 2.43. The molecule has 0 amide bonds. The second-order valence-electron chi connectivity index (χ2n) is 4.81. The van der Waals surface area contributed by atoms with Gasteiger partial charge in [0.15, 0.2) is 5.78 Å². The molecule has 1 aromatic heterocycles. The van der Waals surface area contributed by atoms with Crippen LogP contribution < -0.4 is 0 Å². The predicted octanol–water partition coefficient (Wildman–Crippen LogP) is 1.26. The van der Waals surface area contributed by atoms with Gasteiger partial charge < -0.3 is 0 Å². The van der Waals surface area contributed by atoms with Crippen LogP contribution >= 0.6 is 0 Å². The van der Waals surface area contributed by atoms with Crippen LogP contribution in [0.25, 0.3) is 0 Å². The van der Waals surface area contributed by atoms with Crippen LogP contribution in [0.1, 0.15) is 36.0 Å². The van der Waals surface area contributed by atoms with E-state index in [0.29, 0.717) is 18.4 Å². The van der Waals surface area contributed by atoms with E-state index in [1.54, 1.807) is 0 Å². The van der Waals surface area contributed by atoms with Gasteiger partial charge in [-0.3, -0.25) is 4.79 Å². The first-order chi connectivity index (χ1) is 8.48. The van der Waals surface area contributed by atoms with Crippen LogP contribution in [0.2, 0.25) is 0 Å². The third-order valence-electron chi connectivity index (χ3n) is 3.45. The van der Waals surface area contributed by atoms with E-state index in [4.69, 9.17) is 0 Å². The van der Waals surface area contributed by atoms with Crippen molar-refractivity contribution < 1.29 is 13.2 Å². The van der Waals surface area contributed by atoms with Gasteiger partial charge in [-0.2, -0.15) is 0 Å². The highest BCUT2D eigenvalue weighted by atomic mass is 32.2. The molecule has 0 saturated heterocycles. The lowest BCUT2D eigenvalue weighted by atomic mass is 9.84. The molecule has 1 saturated carbocycles. The number of Topliss-reactive ketones (excluding diaryl/α,β-unsaturated/α-hetero) is 1. The number of ketones is 1. The van der Waals surface area contributed by atoms with E-state index in [-0.39, 0.29) is 17.0 Å². The molecule has 2 rings (SSSR count). The van der Waals surface area contributed by atoms with Crippen molar-refractivity contribution in [3.63, 3.8) is 0 Å². The van der Waals surface area contributed by atoms with Crippen LogP contribution in [0.4, 0.5) is 0 Å². The van der Waals surface area contributed by atoms with E-state index in [9.17, 15) is 13.2 Å². The Morgan fingerprint density at radius 2 is 1.94 bits per heavy atom. The van der Waals surface area contributed by atoms with Crippen molar-refractivity contribution in [3.05, 3.63) is 24.3 Å². The van der Waals surface area contributed by atoms with Gasteiger partial charge in [0.05, 0.1) is 10.8 Å². The molecule has 1 aliphatic rings. The lowest BCUT2D eigenvalue weighted by Gasteiger charge is -2.26. The Hall–Kier alpha value is -1.30. The summed E-state index contributed by atoms with van der Waals surface area (Å²) in [6.45, 7) is 0. The minimum Gasteiger partial charge on any atom is -0.294 e. The van der Waals surface area contributed by atoms with Crippen LogP contribution in [0.3, 0.4) is 0 Å². The van der Waals surface area contributed by atoms with E-state index in [0.717, 1.165) is 12.8 Å². The van der Waals surface area contributed by atoms with Crippen LogP contribution in [-0.4, -0.2) is 35.7 Å². The number of hydrogen-bond acceptors (Lipinski definition) is 5. The second kappa shape index (κ2) is 5.14. The summed E-state index contributed by atoms with van der Waals surface area (Å²) in [7, 11) is -3.06. The van der Waals surface area contributed by atoms with Crippen molar-refractivity contribution in [1.29, 1.82) is 0 Å². The summed E-state index contributed by atoms with van der Waals surface area (Å²) < 4.78 is 23.1. The third-order valence-corrected chi connectivity index (χ3v) is 5.09. The standard InChI is InChI=1S/C12H16N2O3S/c1-18(16,17)11-4-2-3-9(5-11)12(15)10-6-13-8-14-7-10/h6-9,11H,2-5H2,1H3. The molecule has 0 aliphatic heterocycles. The zero-order valence-corrected chi connectivity index (χ0v) is 11.1. The average molecular weight is 268 g/mol. The van der Waals surface area contributed by atoms with E-state index in [2.05, 4.69) is 9.97 Å². The first-order valence-corrected chi connectivity index (χ1v) is 7.92. The SMILES string of the molecule is CS(=O)(=O)C1CCCC(C(=O)c2cncnc2)C1. The lowest BCUT2D eigenvalue weighted by molar-refractivity contribution is 0.0890. The van der Waals surface area contributed by atoms with Crippen molar-refractivity contribution in [3.8, 4) is 0 Å². The summed E-state index contributed by atoms with van der Waals surface area (Å²) in [5.41, 5.74) is 0.469. The van der Waals surface area contributed by atoms with Crippen LogP contribution in [0.15, 0.2) is 18.7 Å². The number of sulfone groups is 1. The third kappa shape index (κ3) is 2.93. The Morgan fingerprint density at radius 3 is 2.56 bits per heavy atom. The number of carbonyl (C=O) groups is 1. The largest absolute Gasteiger partial charge is 0.294 e. The minimum absolute atomic E-state index is 0.0380. The van der Waals surface area contributed by atoms with Crippen LogP contribution in [-0.2, 0) is 9.84 Å². The molecule has 0 N–H and O–H groups in total. The van der Waals surface area contributed by atoms with Crippen molar-refractivity contribution in [2.24, 2.45) is 5.92 Å². The first kappa shape index (κ1) is 13.1. The Bertz CT molecular complexity index is 528. The smallest absolute Gasteiger partial charge is 0.169 e. The number of rotatable bonds is 3. The minimum atomic E-state index is -3.06. The van der Waals surface area contributed by atoms with Gasteiger partial charge in [0.1, 0.15) is 16.2 Å². The summed E-state index contributed by atoms with van der Waals surface area (Å²) >= 11 is 0. The average Bonchev–Trinajstić information content (AvgIpc) is 2.38. The second-order valence-corrected chi connectivity index (χ2v) is 7.13. The van der Waals surface area contributed by atoms with Gasteiger partial charge >= 0.3 is 0 Å². The quantitative estimate of drug-likeness (QED) is 0.771. The molecule has 0 spiro atoms. The Kier molecular flexibility index (Phi) is 3.75. The van der Waals surface area contributed by atoms with Crippen molar-refractivity contribution in [2.75, 3.05) is 6.26 Å². The Balaban J connectivity index is 2.13. The van der Waals surface area contributed by atoms with E-state index in [1.807, 2.05) is 0 Å². The van der Waals surface area contributed by atoms with Gasteiger partial charge in [-0.05, 0) is 19.3 Å². The molecule has 0 aromatic carbocycles. The number of aromatic nitrogens is 2. The summed E-state index contributed by atoms with van der Waals surface area (Å²) in [6, 6.07) is 0. The van der Waals surface area contributed by atoms with Gasteiger partial charge in [-0.25, -0.2) is 18.4 Å². The maximum Gasteiger partial charge on any atom is 0.169 e.